The summed E-state index contributed by atoms with van der Waals surface area (Å²) in [4.78, 5) is 18.3. The lowest BCUT2D eigenvalue weighted by molar-refractivity contribution is 0.0696. The highest BCUT2D eigenvalue weighted by Gasteiger charge is 2.35. The molecule has 138 valence electrons. The van der Waals surface area contributed by atoms with E-state index in [0.29, 0.717) is 11.5 Å². The second-order valence-electron chi connectivity index (χ2n) is 8.29. The van der Waals surface area contributed by atoms with E-state index in [4.69, 9.17) is 4.98 Å². The van der Waals surface area contributed by atoms with Gasteiger partial charge in [0.2, 0.25) is 0 Å². The van der Waals surface area contributed by atoms with E-state index in [1.165, 1.54) is 4.88 Å². The molecule has 1 atom stereocenters. The molecule has 0 spiro atoms. The van der Waals surface area contributed by atoms with Crippen LogP contribution in [-0.2, 0) is 6.42 Å². The van der Waals surface area contributed by atoms with Crippen molar-refractivity contribution in [3.63, 3.8) is 0 Å². The molecule has 0 saturated carbocycles. The fraction of sp³-hybridized carbons (Fsp3) is 0.304. The molecule has 1 unspecified atom stereocenters. The van der Waals surface area contributed by atoms with Gasteiger partial charge >= 0.3 is 5.97 Å². The molecule has 0 saturated heterocycles. The van der Waals surface area contributed by atoms with Crippen LogP contribution in [0.25, 0.3) is 22.6 Å². The first-order valence-electron chi connectivity index (χ1n) is 9.24. The first-order valence-corrected chi connectivity index (χ1v) is 10.1. The van der Waals surface area contributed by atoms with Crippen molar-refractivity contribution < 1.29 is 9.90 Å². The predicted octanol–water partition coefficient (Wildman–Crippen LogP) is 6.14. The maximum absolute atomic E-state index is 12.2. The van der Waals surface area contributed by atoms with Crippen LogP contribution in [0.2, 0.25) is 0 Å². The second-order valence-corrected chi connectivity index (χ2v) is 9.27. The summed E-state index contributed by atoms with van der Waals surface area (Å²) in [7, 11) is 0. The number of aromatic nitrogens is 1. The number of benzene rings is 1. The average Bonchev–Trinajstić information content (AvgIpc) is 3.11. The molecule has 2 aromatic heterocycles. The van der Waals surface area contributed by atoms with Crippen molar-refractivity contribution in [2.45, 2.75) is 33.6 Å². The van der Waals surface area contributed by atoms with Crippen molar-refractivity contribution in [3.8, 4) is 0 Å². The van der Waals surface area contributed by atoms with E-state index in [1.807, 2.05) is 30.3 Å². The van der Waals surface area contributed by atoms with Gasteiger partial charge in [0.1, 0.15) is 0 Å². The van der Waals surface area contributed by atoms with Gasteiger partial charge in [0.05, 0.1) is 16.8 Å². The molecular weight excluding hydrogens is 354 g/mol. The standard InChI is InChI=1S/C23H23NO2S/c1-23(2,3)15-11-14(12-16-7-6-10-27-16)21-18(13-15)20(22(25)26)17-8-4-5-9-19(17)24-21/h4-10,12,15H,11,13H2,1-3H3,(H,25,26). The molecule has 0 amide bonds. The number of carboxylic acids is 1. The summed E-state index contributed by atoms with van der Waals surface area (Å²) in [6, 6.07) is 11.7. The SMILES string of the molecule is CC(C)(C)C1CC(=Cc2cccs2)c2nc3ccccc3c(C(=O)O)c2C1. The van der Waals surface area contributed by atoms with Crippen LogP contribution >= 0.6 is 11.3 Å². The number of pyridine rings is 1. The number of aromatic carboxylic acids is 1. The maximum Gasteiger partial charge on any atom is 0.336 e. The highest BCUT2D eigenvalue weighted by molar-refractivity contribution is 7.10. The number of nitrogens with zero attached hydrogens (tertiary/aromatic N) is 1. The van der Waals surface area contributed by atoms with Gasteiger partial charge in [-0.2, -0.15) is 0 Å². The Balaban J connectivity index is 2.01. The molecule has 0 fully saturated rings. The van der Waals surface area contributed by atoms with Crippen molar-refractivity contribution in [1.29, 1.82) is 0 Å². The molecule has 1 aliphatic rings. The number of hydrogen-bond donors (Lipinski definition) is 1. The van der Waals surface area contributed by atoms with Crippen LogP contribution in [0.15, 0.2) is 41.8 Å². The van der Waals surface area contributed by atoms with Gasteiger partial charge in [-0.3, -0.25) is 0 Å². The lowest BCUT2D eigenvalue weighted by Crippen LogP contribution is -2.28. The maximum atomic E-state index is 12.2. The zero-order chi connectivity index (χ0) is 19.2. The first kappa shape index (κ1) is 17.9. The summed E-state index contributed by atoms with van der Waals surface area (Å²) >= 11 is 1.69. The Morgan fingerprint density at radius 2 is 1.96 bits per heavy atom. The van der Waals surface area contributed by atoms with Crippen molar-refractivity contribution >= 4 is 39.9 Å². The minimum absolute atomic E-state index is 0.0909. The number of rotatable bonds is 2. The average molecular weight is 378 g/mol. The first-order chi connectivity index (χ1) is 12.8. The van der Waals surface area contributed by atoms with Gasteiger partial charge in [-0.1, -0.05) is 45.0 Å². The molecular formula is C23H23NO2S. The van der Waals surface area contributed by atoms with Crippen molar-refractivity contribution in [2.24, 2.45) is 11.3 Å². The summed E-state index contributed by atoms with van der Waals surface area (Å²) in [5, 5.41) is 12.8. The molecule has 3 aromatic rings. The number of allylic oxidation sites excluding steroid dienone is 1. The van der Waals surface area contributed by atoms with Gasteiger partial charge in [-0.25, -0.2) is 9.78 Å². The normalized spacial score (nSPS) is 18.6. The number of para-hydroxylation sites is 1. The predicted molar refractivity (Wildman–Crippen MR) is 112 cm³/mol. The molecule has 4 heteroatoms. The van der Waals surface area contributed by atoms with Crippen LogP contribution < -0.4 is 0 Å². The zero-order valence-electron chi connectivity index (χ0n) is 15.8. The van der Waals surface area contributed by atoms with Crippen LogP contribution in [0.3, 0.4) is 0 Å². The smallest absolute Gasteiger partial charge is 0.336 e. The van der Waals surface area contributed by atoms with Gasteiger partial charge in [-0.05, 0) is 58.9 Å². The molecule has 1 aliphatic carbocycles. The fourth-order valence-corrected chi connectivity index (χ4v) is 4.61. The number of thiophene rings is 1. The molecule has 1 N–H and O–H groups in total. The Hall–Kier alpha value is -2.46. The summed E-state index contributed by atoms with van der Waals surface area (Å²) < 4.78 is 0. The third-order valence-corrected chi connectivity index (χ3v) is 6.33. The monoisotopic (exact) mass is 377 g/mol. The van der Waals surface area contributed by atoms with Crippen LogP contribution in [0, 0.1) is 11.3 Å². The van der Waals surface area contributed by atoms with Gasteiger partial charge in [0.25, 0.3) is 0 Å². The Morgan fingerprint density at radius 3 is 2.63 bits per heavy atom. The zero-order valence-corrected chi connectivity index (χ0v) is 16.6. The largest absolute Gasteiger partial charge is 0.478 e. The molecule has 2 heterocycles. The summed E-state index contributed by atoms with van der Waals surface area (Å²) in [5.41, 5.74) is 4.15. The minimum atomic E-state index is -0.866. The van der Waals surface area contributed by atoms with Crippen molar-refractivity contribution in [1.82, 2.24) is 4.98 Å². The Kier molecular flexibility index (Phi) is 4.39. The highest BCUT2D eigenvalue weighted by atomic mass is 32.1. The van der Waals surface area contributed by atoms with E-state index in [2.05, 4.69) is 38.3 Å². The van der Waals surface area contributed by atoms with Crippen molar-refractivity contribution in [3.05, 3.63) is 63.5 Å². The van der Waals surface area contributed by atoms with E-state index < -0.39 is 5.97 Å². The summed E-state index contributed by atoms with van der Waals surface area (Å²) in [6.45, 7) is 6.71. The highest BCUT2D eigenvalue weighted by Crippen LogP contribution is 2.44. The molecule has 3 nitrogen and oxygen atoms in total. The Labute approximate surface area is 163 Å². The third kappa shape index (κ3) is 3.30. The van der Waals surface area contributed by atoms with E-state index in [1.54, 1.807) is 11.3 Å². The number of fused-ring (bicyclic) bond motifs is 2. The molecule has 1 aromatic carbocycles. The lowest BCUT2D eigenvalue weighted by Gasteiger charge is -2.36. The second kappa shape index (κ2) is 6.61. The molecule has 27 heavy (non-hydrogen) atoms. The quantitative estimate of drug-likeness (QED) is 0.583. The number of hydrogen-bond acceptors (Lipinski definition) is 3. The van der Waals surface area contributed by atoms with Gasteiger partial charge in [-0.15, -0.1) is 11.3 Å². The number of carboxylic acid groups (broad SMARTS) is 1. The minimum Gasteiger partial charge on any atom is -0.478 e. The van der Waals surface area contributed by atoms with Crippen molar-refractivity contribution in [2.75, 3.05) is 0 Å². The number of carbonyl (C=O) groups is 1. The van der Waals surface area contributed by atoms with Gasteiger partial charge < -0.3 is 5.11 Å². The lowest BCUT2D eigenvalue weighted by atomic mass is 9.69. The van der Waals surface area contributed by atoms with Gasteiger partial charge in [0.15, 0.2) is 0 Å². The van der Waals surface area contributed by atoms with E-state index >= 15 is 0 Å². The Bertz CT molecular complexity index is 1040. The summed E-state index contributed by atoms with van der Waals surface area (Å²) in [5.74, 6) is -0.493. The van der Waals surface area contributed by atoms with E-state index in [-0.39, 0.29) is 5.41 Å². The molecule has 4 rings (SSSR count). The van der Waals surface area contributed by atoms with Crippen LogP contribution in [0.5, 0.6) is 0 Å². The van der Waals surface area contributed by atoms with Gasteiger partial charge in [0, 0.05) is 10.3 Å². The fourth-order valence-electron chi connectivity index (χ4n) is 3.93. The van der Waals surface area contributed by atoms with Crippen LogP contribution in [-0.4, -0.2) is 16.1 Å². The van der Waals surface area contributed by atoms with E-state index in [9.17, 15) is 9.90 Å². The Morgan fingerprint density at radius 1 is 1.19 bits per heavy atom. The summed E-state index contributed by atoms with van der Waals surface area (Å²) in [6.07, 6.45) is 3.85. The third-order valence-electron chi connectivity index (χ3n) is 5.51. The van der Waals surface area contributed by atoms with E-state index in [0.717, 1.165) is 40.6 Å². The molecule has 0 bridgehead atoms. The molecule has 0 aliphatic heterocycles. The topological polar surface area (TPSA) is 50.2 Å². The molecule has 0 radical (unpaired) electrons. The van der Waals surface area contributed by atoms with Crippen LogP contribution in [0.1, 0.15) is 53.7 Å². The van der Waals surface area contributed by atoms with Crippen LogP contribution in [0.4, 0.5) is 0 Å².